The van der Waals surface area contributed by atoms with Gasteiger partial charge in [0.15, 0.2) is 12.1 Å². The Morgan fingerprint density at radius 3 is 2.21 bits per heavy atom. The van der Waals surface area contributed by atoms with Crippen LogP contribution in [0, 0.1) is 6.92 Å². The van der Waals surface area contributed by atoms with E-state index in [-0.39, 0.29) is 4.90 Å². The molecule has 2 saturated heterocycles. The molecule has 2 aliphatic heterocycles. The number of hydrogen-bond acceptors (Lipinski definition) is 7. The molecule has 0 unspecified atom stereocenters. The van der Waals surface area contributed by atoms with E-state index in [9.17, 15) is 13.2 Å². The van der Waals surface area contributed by atoms with Crippen molar-refractivity contribution in [3.63, 3.8) is 0 Å². The van der Waals surface area contributed by atoms with Crippen LogP contribution in [-0.2, 0) is 29.0 Å². The van der Waals surface area contributed by atoms with E-state index in [1.54, 1.807) is 32.0 Å². The normalized spacial score (nSPS) is 24.8. The summed E-state index contributed by atoms with van der Waals surface area (Å²) in [4.78, 5) is 12.7. The first kappa shape index (κ1) is 31.8. The Morgan fingerprint density at radius 2 is 1.56 bits per heavy atom. The van der Waals surface area contributed by atoms with Gasteiger partial charge in [0.1, 0.15) is 18.3 Å². The molecule has 0 saturated carbocycles. The van der Waals surface area contributed by atoms with Crippen LogP contribution in [0.2, 0.25) is 0 Å². The highest BCUT2D eigenvalue weighted by Crippen LogP contribution is 2.40. The molecule has 222 valence electrons. The third-order valence-electron chi connectivity index (χ3n) is 7.29. The standard InChI is InChI=1S/C29H48N2O7S/c1-6-7-8-9-10-11-12-13-14-17-20-35-27-26-25(37-29(4,5)38-26)24(36-27)22(3)30-28(32)31-39(33,34)23-19-16-15-18-21(23)2/h15-16,18-19,22,24-27H,6-14,17,20H2,1-5H3,(H2,30,31,32)/t22-,24+,25-,26-,27-/m0/s1. The Bertz CT molecular complexity index is 1020. The van der Waals surface area contributed by atoms with Gasteiger partial charge in [0.25, 0.3) is 10.0 Å². The summed E-state index contributed by atoms with van der Waals surface area (Å²) in [5.74, 6) is -0.813. The Morgan fingerprint density at radius 1 is 0.974 bits per heavy atom. The average molecular weight is 569 g/mol. The zero-order valence-electron chi connectivity index (χ0n) is 24.2. The fraction of sp³-hybridized carbons (Fsp3) is 0.759. The van der Waals surface area contributed by atoms with Gasteiger partial charge in [-0.15, -0.1) is 0 Å². The van der Waals surface area contributed by atoms with E-state index < -0.39 is 52.5 Å². The summed E-state index contributed by atoms with van der Waals surface area (Å²) in [6, 6.07) is 5.10. The molecule has 1 aromatic rings. The van der Waals surface area contributed by atoms with E-state index in [4.69, 9.17) is 18.9 Å². The van der Waals surface area contributed by atoms with Gasteiger partial charge in [-0.05, 0) is 45.7 Å². The Kier molecular flexibility index (Phi) is 12.1. The van der Waals surface area contributed by atoms with E-state index in [1.807, 2.05) is 13.8 Å². The fourth-order valence-corrected chi connectivity index (χ4v) is 6.43. The first-order chi connectivity index (χ1) is 18.5. The predicted octanol–water partition coefficient (Wildman–Crippen LogP) is 5.55. The first-order valence-electron chi connectivity index (χ1n) is 14.6. The monoisotopic (exact) mass is 568 g/mol. The minimum atomic E-state index is -4.02. The van der Waals surface area contributed by atoms with Gasteiger partial charge < -0.3 is 24.3 Å². The zero-order valence-corrected chi connectivity index (χ0v) is 25.1. The van der Waals surface area contributed by atoms with Crippen LogP contribution in [0.25, 0.3) is 0 Å². The molecule has 5 atom stereocenters. The molecule has 2 fully saturated rings. The van der Waals surface area contributed by atoms with E-state index in [0.717, 1.165) is 12.8 Å². The second-order valence-corrected chi connectivity index (χ2v) is 12.9. The number of ether oxygens (including phenoxy) is 4. The molecular weight excluding hydrogens is 520 g/mol. The minimum absolute atomic E-state index is 0.0553. The van der Waals surface area contributed by atoms with Crippen LogP contribution in [-0.4, -0.2) is 57.5 Å². The molecule has 10 heteroatoms. The first-order valence-corrected chi connectivity index (χ1v) is 16.0. The van der Waals surface area contributed by atoms with Crippen molar-refractivity contribution < 1.29 is 32.2 Å². The van der Waals surface area contributed by atoms with Crippen molar-refractivity contribution in [1.82, 2.24) is 10.0 Å². The summed E-state index contributed by atoms with van der Waals surface area (Å²) < 4.78 is 51.9. The third-order valence-corrected chi connectivity index (χ3v) is 8.78. The van der Waals surface area contributed by atoms with Crippen LogP contribution in [0.15, 0.2) is 29.2 Å². The highest BCUT2D eigenvalue weighted by molar-refractivity contribution is 7.90. The van der Waals surface area contributed by atoms with Crippen molar-refractivity contribution in [1.29, 1.82) is 0 Å². The Labute approximate surface area is 234 Å². The molecule has 2 N–H and O–H groups in total. The number of unbranched alkanes of at least 4 members (excludes halogenated alkanes) is 9. The van der Waals surface area contributed by atoms with E-state index >= 15 is 0 Å². The summed E-state index contributed by atoms with van der Waals surface area (Å²) in [6.45, 7) is 9.89. The van der Waals surface area contributed by atoms with Crippen molar-refractivity contribution in [2.75, 3.05) is 6.61 Å². The van der Waals surface area contributed by atoms with Crippen molar-refractivity contribution >= 4 is 16.1 Å². The molecule has 2 aliphatic rings. The summed E-state index contributed by atoms with van der Waals surface area (Å²) >= 11 is 0. The van der Waals surface area contributed by atoms with Crippen LogP contribution in [0.5, 0.6) is 0 Å². The van der Waals surface area contributed by atoms with Crippen LogP contribution in [0.1, 0.15) is 97.5 Å². The van der Waals surface area contributed by atoms with Gasteiger partial charge in [-0.2, -0.15) is 0 Å². The zero-order chi connectivity index (χ0) is 28.5. The number of amides is 2. The van der Waals surface area contributed by atoms with Crippen molar-refractivity contribution in [3.8, 4) is 0 Å². The van der Waals surface area contributed by atoms with Crippen LogP contribution in [0.4, 0.5) is 4.79 Å². The van der Waals surface area contributed by atoms with Crippen molar-refractivity contribution in [3.05, 3.63) is 29.8 Å². The maximum Gasteiger partial charge on any atom is 0.328 e. The van der Waals surface area contributed by atoms with Gasteiger partial charge >= 0.3 is 6.03 Å². The number of fused-ring (bicyclic) bond motifs is 1. The van der Waals surface area contributed by atoms with Gasteiger partial charge in [-0.1, -0.05) is 82.9 Å². The molecular formula is C29H48N2O7S. The second kappa shape index (κ2) is 14.8. The summed E-state index contributed by atoms with van der Waals surface area (Å²) in [5.41, 5.74) is 0.550. The van der Waals surface area contributed by atoms with Gasteiger partial charge in [-0.25, -0.2) is 17.9 Å². The molecule has 0 spiro atoms. The number of carbonyl (C=O) groups excluding carboxylic acids is 1. The maximum atomic E-state index is 12.7. The molecule has 9 nitrogen and oxygen atoms in total. The van der Waals surface area contributed by atoms with Crippen LogP contribution in [0.3, 0.4) is 0 Å². The number of benzene rings is 1. The van der Waals surface area contributed by atoms with Gasteiger partial charge in [0.2, 0.25) is 0 Å². The second-order valence-electron chi connectivity index (χ2n) is 11.2. The van der Waals surface area contributed by atoms with Crippen molar-refractivity contribution in [2.45, 2.75) is 140 Å². The molecule has 2 amide bonds. The number of hydrogen-bond donors (Lipinski definition) is 2. The third kappa shape index (κ3) is 9.42. The predicted molar refractivity (Wildman–Crippen MR) is 150 cm³/mol. The lowest BCUT2D eigenvalue weighted by Gasteiger charge is -2.27. The number of nitrogens with one attached hydrogen (secondary N) is 2. The Hall–Kier alpha value is -1.72. The molecule has 1 aromatic carbocycles. The van der Waals surface area contributed by atoms with Crippen LogP contribution >= 0.6 is 0 Å². The molecule has 2 heterocycles. The van der Waals surface area contributed by atoms with Crippen LogP contribution < -0.4 is 10.0 Å². The lowest BCUT2D eigenvalue weighted by Crippen LogP contribution is -2.51. The summed E-state index contributed by atoms with van der Waals surface area (Å²) in [5, 5.41) is 2.69. The molecule has 0 bridgehead atoms. The fourth-order valence-electron chi connectivity index (χ4n) is 5.27. The summed E-state index contributed by atoms with van der Waals surface area (Å²) in [7, 11) is -4.02. The smallest absolute Gasteiger partial charge is 0.328 e. The van der Waals surface area contributed by atoms with E-state index in [1.165, 1.54) is 57.4 Å². The largest absolute Gasteiger partial charge is 0.350 e. The lowest BCUT2D eigenvalue weighted by atomic mass is 10.1. The van der Waals surface area contributed by atoms with Gasteiger partial charge in [-0.3, -0.25) is 0 Å². The summed E-state index contributed by atoms with van der Waals surface area (Å²) in [6.07, 6.45) is 10.4. The van der Waals surface area contributed by atoms with E-state index in [2.05, 4.69) is 17.0 Å². The molecule has 0 aliphatic carbocycles. The molecule has 3 rings (SSSR count). The Balaban J connectivity index is 1.45. The van der Waals surface area contributed by atoms with Gasteiger partial charge in [0.05, 0.1) is 10.9 Å². The maximum absolute atomic E-state index is 12.7. The highest BCUT2D eigenvalue weighted by atomic mass is 32.2. The quantitative estimate of drug-likeness (QED) is 0.251. The molecule has 39 heavy (non-hydrogen) atoms. The number of urea groups is 1. The molecule has 0 aromatic heterocycles. The van der Waals surface area contributed by atoms with E-state index in [0.29, 0.717) is 12.2 Å². The highest BCUT2D eigenvalue weighted by Gasteiger charge is 2.57. The number of aryl methyl sites for hydroxylation is 1. The number of rotatable bonds is 16. The van der Waals surface area contributed by atoms with Gasteiger partial charge in [0, 0.05) is 6.61 Å². The molecule has 0 radical (unpaired) electrons. The number of sulfonamides is 1. The topological polar surface area (TPSA) is 112 Å². The van der Waals surface area contributed by atoms with Crippen molar-refractivity contribution in [2.24, 2.45) is 0 Å². The number of carbonyl (C=O) groups is 1. The lowest BCUT2D eigenvalue weighted by molar-refractivity contribution is -0.235. The minimum Gasteiger partial charge on any atom is -0.350 e. The SMILES string of the molecule is CCCCCCCCCCCCO[C@H]1O[C@H]([C@H](C)NC(=O)NS(=O)(=O)c2ccccc2C)[C@@H]2OC(C)(C)O[C@H]12. The average Bonchev–Trinajstić information content (AvgIpc) is 3.35.